The Hall–Kier alpha value is -1.35. The van der Waals surface area contributed by atoms with Crippen LogP contribution in [0.15, 0.2) is 36.5 Å². The van der Waals surface area contributed by atoms with Crippen molar-refractivity contribution < 1.29 is 4.79 Å². The molecule has 0 saturated heterocycles. The Morgan fingerprint density at radius 3 is 2.32 bits per heavy atom. The van der Waals surface area contributed by atoms with Crippen LogP contribution in [0.1, 0.15) is 33.1 Å². The molecule has 104 valence electrons. The molecule has 0 unspecified atom stereocenters. The molecule has 0 heterocycles. The maximum Gasteiger partial charge on any atom is 0.237 e. The van der Waals surface area contributed by atoms with E-state index in [-0.39, 0.29) is 11.9 Å². The van der Waals surface area contributed by atoms with Crippen LogP contribution in [0.2, 0.25) is 0 Å². The highest BCUT2D eigenvalue weighted by Gasteiger charge is 2.28. The fraction of sp³-hybridized carbons (Fsp3) is 0.562. The van der Waals surface area contributed by atoms with E-state index >= 15 is 0 Å². The zero-order chi connectivity index (χ0) is 13.7. The molecule has 0 spiro atoms. The van der Waals surface area contributed by atoms with E-state index in [4.69, 9.17) is 0 Å². The standard InChI is InChI=1S/C16H24N2O/c1-12(2)17-15(16(19)18-14-9-10-14)11-13-7-5-3-4-6-8-13/h3-8,12-15,17H,9-11H2,1-2H3,(H,18,19)/t15-/m0/s1. The highest BCUT2D eigenvalue weighted by atomic mass is 16.2. The molecule has 1 amide bonds. The highest BCUT2D eigenvalue weighted by Crippen LogP contribution is 2.20. The van der Waals surface area contributed by atoms with Crippen molar-refractivity contribution >= 4 is 5.91 Å². The van der Waals surface area contributed by atoms with Crippen molar-refractivity contribution in [2.24, 2.45) is 5.92 Å². The van der Waals surface area contributed by atoms with Gasteiger partial charge >= 0.3 is 0 Å². The van der Waals surface area contributed by atoms with E-state index in [1.807, 2.05) is 12.2 Å². The molecule has 19 heavy (non-hydrogen) atoms. The summed E-state index contributed by atoms with van der Waals surface area (Å²) in [6.07, 6.45) is 15.5. The molecule has 1 fully saturated rings. The van der Waals surface area contributed by atoms with Gasteiger partial charge in [-0.15, -0.1) is 0 Å². The molecular weight excluding hydrogens is 236 g/mol. The second-order valence-electron chi connectivity index (χ2n) is 5.71. The zero-order valence-electron chi connectivity index (χ0n) is 11.8. The predicted molar refractivity (Wildman–Crippen MR) is 78.8 cm³/mol. The van der Waals surface area contributed by atoms with E-state index in [1.54, 1.807) is 0 Å². The first-order valence-corrected chi connectivity index (χ1v) is 7.23. The van der Waals surface area contributed by atoms with Crippen molar-refractivity contribution in [2.45, 2.75) is 51.2 Å². The molecule has 2 aliphatic carbocycles. The first-order valence-electron chi connectivity index (χ1n) is 7.23. The van der Waals surface area contributed by atoms with E-state index in [0.717, 1.165) is 19.3 Å². The maximum absolute atomic E-state index is 12.3. The molecule has 3 heteroatoms. The predicted octanol–water partition coefficient (Wildman–Crippen LogP) is 2.32. The van der Waals surface area contributed by atoms with Gasteiger partial charge in [-0.3, -0.25) is 4.79 Å². The van der Waals surface area contributed by atoms with E-state index in [9.17, 15) is 4.79 Å². The molecule has 0 aromatic heterocycles. The fourth-order valence-electron chi connectivity index (χ4n) is 2.22. The summed E-state index contributed by atoms with van der Waals surface area (Å²) in [5, 5.41) is 6.48. The fourth-order valence-corrected chi connectivity index (χ4v) is 2.22. The smallest absolute Gasteiger partial charge is 0.237 e. The summed E-state index contributed by atoms with van der Waals surface area (Å²) < 4.78 is 0. The third kappa shape index (κ3) is 5.03. The quantitative estimate of drug-likeness (QED) is 0.769. The molecular formula is C16H24N2O. The lowest BCUT2D eigenvalue weighted by Gasteiger charge is -2.23. The topological polar surface area (TPSA) is 41.1 Å². The van der Waals surface area contributed by atoms with Crippen molar-refractivity contribution in [2.75, 3.05) is 0 Å². The van der Waals surface area contributed by atoms with Crippen molar-refractivity contribution in [3.63, 3.8) is 0 Å². The summed E-state index contributed by atoms with van der Waals surface area (Å²) in [5.74, 6) is 0.464. The van der Waals surface area contributed by atoms with E-state index < -0.39 is 0 Å². The highest BCUT2D eigenvalue weighted by molar-refractivity contribution is 5.82. The number of amides is 1. The summed E-state index contributed by atoms with van der Waals surface area (Å²) in [7, 11) is 0. The Labute approximate surface area is 115 Å². The Balaban J connectivity index is 1.93. The molecule has 1 saturated carbocycles. The molecule has 3 nitrogen and oxygen atoms in total. The molecule has 2 N–H and O–H groups in total. The van der Waals surface area contributed by atoms with Gasteiger partial charge < -0.3 is 10.6 Å². The van der Waals surface area contributed by atoms with Crippen LogP contribution in [-0.2, 0) is 4.79 Å². The second kappa shape index (κ2) is 6.71. The van der Waals surface area contributed by atoms with Crippen LogP contribution in [0.4, 0.5) is 0 Å². The van der Waals surface area contributed by atoms with Crippen molar-refractivity contribution in [1.29, 1.82) is 0 Å². The molecule has 0 aliphatic heterocycles. The van der Waals surface area contributed by atoms with Crippen LogP contribution in [-0.4, -0.2) is 24.0 Å². The van der Waals surface area contributed by atoms with Gasteiger partial charge in [-0.1, -0.05) is 50.3 Å². The number of carbonyl (C=O) groups excluding carboxylic acids is 1. The third-order valence-corrected chi connectivity index (χ3v) is 3.33. The summed E-state index contributed by atoms with van der Waals surface area (Å²) in [6, 6.07) is 0.621. The van der Waals surface area contributed by atoms with Crippen molar-refractivity contribution in [1.82, 2.24) is 10.6 Å². The lowest BCUT2D eigenvalue weighted by atomic mass is 9.98. The minimum atomic E-state index is -0.113. The van der Waals surface area contributed by atoms with Gasteiger partial charge in [-0.25, -0.2) is 0 Å². The Morgan fingerprint density at radius 2 is 1.79 bits per heavy atom. The van der Waals surface area contributed by atoms with Gasteiger partial charge in [0, 0.05) is 12.1 Å². The largest absolute Gasteiger partial charge is 0.352 e. The van der Waals surface area contributed by atoms with E-state index in [2.05, 4.69) is 48.8 Å². The summed E-state index contributed by atoms with van der Waals surface area (Å²) in [5.41, 5.74) is 0. The van der Waals surface area contributed by atoms with Gasteiger partial charge in [-0.2, -0.15) is 0 Å². The third-order valence-electron chi connectivity index (χ3n) is 3.33. The minimum Gasteiger partial charge on any atom is -0.352 e. The number of carbonyl (C=O) groups is 1. The van der Waals surface area contributed by atoms with Gasteiger partial charge in [0.25, 0.3) is 0 Å². The maximum atomic E-state index is 12.3. The monoisotopic (exact) mass is 260 g/mol. The van der Waals surface area contributed by atoms with Crippen LogP contribution < -0.4 is 10.6 Å². The molecule has 0 radical (unpaired) electrons. The average molecular weight is 260 g/mol. The van der Waals surface area contributed by atoms with Crippen LogP contribution in [0.5, 0.6) is 0 Å². The van der Waals surface area contributed by atoms with Gasteiger partial charge in [0.2, 0.25) is 5.91 Å². The number of allylic oxidation sites excluding steroid dienone is 6. The molecule has 2 rings (SSSR count). The van der Waals surface area contributed by atoms with E-state index in [0.29, 0.717) is 18.0 Å². The van der Waals surface area contributed by atoms with Crippen molar-refractivity contribution in [3.05, 3.63) is 36.5 Å². The van der Waals surface area contributed by atoms with Crippen molar-refractivity contribution in [3.8, 4) is 0 Å². The first kappa shape index (κ1) is 14.1. The second-order valence-corrected chi connectivity index (χ2v) is 5.71. The SMILES string of the molecule is CC(C)N[C@@H](CC1C=CC=CC=C1)C(=O)NC1CC1. The number of nitrogens with one attached hydrogen (secondary N) is 2. The van der Waals surface area contributed by atoms with Crippen LogP contribution in [0.3, 0.4) is 0 Å². The number of rotatable bonds is 6. The van der Waals surface area contributed by atoms with Gasteiger partial charge in [0.15, 0.2) is 0 Å². The molecule has 2 aliphatic rings. The summed E-state index contributed by atoms with van der Waals surface area (Å²) in [4.78, 5) is 12.3. The minimum absolute atomic E-state index is 0.113. The summed E-state index contributed by atoms with van der Waals surface area (Å²) in [6.45, 7) is 4.16. The molecule has 0 aromatic rings. The van der Waals surface area contributed by atoms with Crippen LogP contribution in [0.25, 0.3) is 0 Å². The first-order chi connectivity index (χ1) is 9.15. The van der Waals surface area contributed by atoms with Crippen LogP contribution in [0, 0.1) is 5.92 Å². The average Bonchev–Trinajstić information content (AvgIpc) is 3.15. The normalized spacial score (nSPS) is 20.6. The van der Waals surface area contributed by atoms with Gasteiger partial charge in [-0.05, 0) is 25.2 Å². The molecule has 0 aromatic carbocycles. The van der Waals surface area contributed by atoms with E-state index in [1.165, 1.54) is 0 Å². The van der Waals surface area contributed by atoms with Gasteiger partial charge in [0.05, 0.1) is 6.04 Å². The molecule has 1 atom stereocenters. The van der Waals surface area contributed by atoms with Gasteiger partial charge in [0.1, 0.15) is 0 Å². The lowest BCUT2D eigenvalue weighted by Crippen LogP contribution is -2.48. The Morgan fingerprint density at radius 1 is 1.16 bits per heavy atom. The lowest BCUT2D eigenvalue weighted by molar-refractivity contribution is -0.123. The summed E-state index contributed by atoms with van der Waals surface area (Å²) >= 11 is 0. The molecule has 0 bridgehead atoms. The van der Waals surface area contributed by atoms with Crippen LogP contribution >= 0.6 is 0 Å². The number of hydrogen-bond acceptors (Lipinski definition) is 2. The Kier molecular flexibility index (Phi) is 4.97. The Bertz CT molecular complexity index is 376. The zero-order valence-corrected chi connectivity index (χ0v) is 11.8. The number of hydrogen-bond donors (Lipinski definition) is 2.